The van der Waals surface area contributed by atoms with Gasteiger partial charge in [0.2, 0.25) is 0 Å². The Hall–Kier alpha value is -4.18. The molecule has 2 aromatic carbocycles. The van der Waals surface area contributed by atoms with Crippen molar-refractivity contribution in [2.75, 3.05) is 13.1 Å². The Kier molecular flexibility index (Phi) is 18.0. The number of hydrogen-bond acceptors (Lipinski definition) is 3. The van der Waals surface area contributed by atoms with Crippen molar-refractivity contribution in [3.05, 3.63) is 137 Å². The number of likely N-dealkylation sites (tertiary alicyclic amines) is 1. The molecule has 1 aliphatic rings. The minimum absolute atomic E-state index is 0.149. The molecule has 46 heavy (non-hydrogen) atoms. The fourth-order valence-electron chi connectivity index (χ4n) is 4.98. The smallest absolute Gasteiger partial charge is 0.136 e. The summed E-state index contributed by atoms with van der Waals surface area (Å²) in [5, 5.41) is 5.20. The Labute approximate surface area is 279 Å². The molecule has 1 unspecified atom stereocenters. The number of benzene rings is 2. The normalized spacial score (nSPS) is 15.6. The van der Waals surface area contributed by atoms with Crippen molar-refractivity contribution in [3.8, 4) is 0 Å². The topological polar surface area (TPSA) is 27.6 Å². The summed E-state index contributed by atoms with van der Waals surface area (Å²) in [6, 6.07) is 13.3. The standard InChI is InChI=1S/C27H31FN2.C12H21N.C3H6/c1-6-21(17-19(2)3)23-11-10-20(4)25(18-23)27(29-5)30-16-8-7-9-26(30)22-12-14-24(28)15-13-22;1-6-11(7-2)9-13-10-12(4,5)8-3;1-3-2/h6,10-15,17-18,26H,4-5,7-9,16H2,1-3H3;6,8-9,13H,1,3,7,10H2,2,4-5H3;3H,1H2,2H3/b21-6+,27-25+;11-9+;. The van der Waals surface area contributed by atoms with E-state index < -0.39 is 0 Å². The monoisotopic (exact) mass is 623 g/mol. The van der Waals surface area contributed by atoms with E-state index in [4.69, 9.17) is 0 Å². The molecule has 1 atom stereocenters. The van der Waals surface area contributed by atoms with Crippen molar-refractivity contribution in [1.82, 2.24) is 10.2 Å². The Morgan fingerprint density at radius 3 is 2.24 bits per heavy atom. The van der Waals surface area contributed by atoms with Crippen LogP contribution in [-0.4, -0.2) is 24.7 Å². The highest BCUT2D eigenvalue weighted by molar-refractivity contribution is 5.74. The molecule has 0 radical (unpaired) electrons. The van der Waals surface area contributed by atoms with Crippen molar-refractivity contribution in [2.24, 2.45) is 10.4 Å². The van der Waals surface area contributed by atoms with Crippen molar-refractivity contribution in [3.63, 3.8) is 0 Å². The second kappa shape index (κ2) is 20.8. The van der Waals surface area contributed by atoms with Gasteiger partial charge in [-0.05, 0) is 117 Å². The number of piperidine rings is 1. The van der Waals surface area contributed by atoms with Crippen LogP contribution in [0.1, 0.15) is 91.3 Å². The Bertz CT molecular complexity index is 1480. The quantitative estimate of drug-likeness (QED) is 0.153. The Balaban J connectivity index is 0.000000554. The zero-order valence-electron chi connectivity index (χ0n) is 29.6. The maximum absolute atomic E-state index is 13.5. The summed E-state index contributed by atoms with van der Waals surface area (Å²) in [4.78, 5) is 6.78. The molecule has 1 saturated heterocycles. The fraction of sp³-hybridized carbons (Fsp3) is 0.357. The molecule has 248 valence electrons. The van der Waals surface area contributed by atoms with Crippen LogP contribution in [0, 0.1) is 11.2 Å². The van der Waals surface area contributed by atoms with Gasteiger partial charge in [0.05, 0.1) is 6.04 Å². The van der Waals surface area contributed by atoms with E-state index in [0.717, 1.165) is 66.2 Å². The molecule has 1 aliphatic heterocycles. The van der Waals surface area contributed by atoms with Gasteiger partial charge >= 0.3 is 0 Å². The number of nitrogens with one attached hydrogen (secondary N) is 1. The highest BCUT2D eigenvalue weighted by atomic mass is 19.1. The maximum atomic E-state index is 13.5. The van der Waals surface area contributed by atoms with Gasteiger partial charge in [0.25, 0.3) is 0 Å². The minimum atomic E-state index is -0.210. The summed E-state index contributed by atoms with van der Waals surface area (Å²) in [5.41, 5.74) is 6.06. The number of halogens is 1. The zero-order valence-corrected chi connectivity index (χ0v) is 29.6. The molecule has 4 heteroatoms. The first kappa shape index (κ1) is 39.8. The first-order valence-corrected chi connectivity index (χ1v) is 16.3. The Morgan fingerprint density at radius 1 is 1.07 bits per heavy atom. The van der Waals surface area contributed by atoms with Crippen molar-refractivity contribution in [1.29, 1.82) is 0 Å². The summed E-state index contributed by atoms with van der Waals surface area (Å²) < 4.78 is 13.5. The van der Waals surface area contributed by atoms with Gasteiger partial charge in [-0.2, -0.15) is 0 Å². The van der Waals surface area contributed by atoms with Crippen LogP contribution in [0.3, 0.4) is 0 Å². The lowest BCUT2D eigenvalue weighted by atomic mass is 9.94. The average Bonchev–Trinajstić information content (AvgIpc) is 3.04. The van der Waals surface area contributed by atoms with E-state index in [0.29, 0.717) is 0 Å². The van der Waals surface area contributed by atoms with E-state index in [1.165, 1.54) is 28.9 Å². The predicted octanol–water partition coefficient (Wildman–Crippen LogP) is 10.1. The summed E-state index contributed by atoms with van der Waals surface area (Å²) in [6.07, 6.45) is 16.2. The van der Waals surface area contributed by atoms with Crippen molar-refractivity contribution in [2.45, 2.75) is 80.2 Å². The molecule has 1 fully saturated rings. The van der Waals surface area contributed by atoms with Gasteiger partial charge in [-0.25, -0.2) is 9.38 Å². The molecule has 1 heterocycles. The molecule has 0 amide bonds. The molecule has 0 bridgehead atoms. The second-order valence-electron chi connectivity index (χ2n) is 12.3. The van der Waals surface area contributed by atoms with E-state index in [1.54, 1.807) is 6.08 Å². The molecule has 0 spiro atoms. The largest absolute Gasteiger partial charge is 0.390 e. The van der Waals surface area contributed by atoms with E-state index >= 15 is 0 Å². The minimum Gasteiger partial charge on any atom is -0.390 e. The maximum Gasteiger partial charge on any atom is 0.136 e. The van der Waals surface area contributed by atoms with E-state index in [9.17, 15) is 4.39 Å². The van der Waals surface area contributed by atoms with Gasteiger partial charge < -0.3 is 10.2 Å². The third-order valence-electron chi connectivity index (χ3n) is 7.69. The van der Waals surface area contributed by atoms with Gasteiger partial charge in [0.15, 0.2) is 0 Å². The van der Waals surface area contributed by atoms with Crippen LogP contribution in [0.2, 0.25) is 0 Å². The van der Waals surface area contributed by atoms with Crippen LogP contribution in [-0.2, 0) is 0 Å². The number of allylic oxidation sites excluding steroid dienone is 7. The zero-order chi connectivity index (χ0) is 34.7. The molecule has 0 aromatic heterocycles. The van der Waals surface area contributed by atoms with Crippen LogP contribution in [0.15, 0.2) is 115 Å². The molecule has 0 aliphatic carbocycles. The van der Waals surface area contributed by atoms with Gasteiger partial charge in [0, 0.05) is 18.3 Å². The third kappa shape index (κ3) is 13.0. The lowest BCUT2D eigenvalue weighted by Gasteiger charge is -2.38. The number of aliphatic imine (C=N–C) groups is 1. The number of hydrogen-bond donors (Lipinski definition) is 1. The van der Waals surface area contributed by atoms with Crippen LogP contribution in [0.5, 0.6) is 0 Å². The van der Waals surface area contributed by atoms with Crippen LogP contribution < -0.4 is 15.8 Å². The fourth-order valence-corrected chi connectivity index (χ4v) is 4.98. The first-order valence-electron chi connectivity index (χ1n) is 16.3. The van der Waals surface area contributed by atoms with E-state index in [1.807, 2.05) is 37.4 Å². The number of rotatable bonds is 11. The summed E-state index contributed by atoms with van der Waals surface area (Å²) in [6.45, 7) is 35.4. The Morgan fingerprint density at radius 2 is 1.72 bits per heavy atom. The summed E-state index contributed by atoms with van der Waals surface area (Å²) in [5.74, 6) is 0.640. The number of nitrogens with zero attached hydrogens (tertiary/aromatic N) is 2. The third-order valence-corrected chi connectivity index (χ3v) is 7.69. The van der Waals surface area contributed by atoms with Crippen molar-refractivity contribution >= 4 is 24.7 Å². The van der Waals surface area contributed by atoms with Gasteiger partial charge in [-0.1, -0.05) is 94.1 Å². The van der Waals surface area contributed by atoms with Gasteiger partial charge in [-0.3, -0.25) is 0 Å². The van der Waals surface area contributed by atoms with Crippen molar-refractivity contribution < 1.29 is 4.39 Å². The molecule has 3 rings (SSSR count). The second-order valence-corrected chi connectivity index (χ2v) is 12.3. The average molecular weight is 624 g/mol. The molecular formula is C42H58FN3. The van der Waals surface area contributed by atoms with Gasteiger partial charge in [0.1, 0.15) is 11.6 Å². The highest BCUT2D eigenvalue weighted by Gasteiger charge is 2.26. The summed E-state index contributed by atoms with van der Waals surface area (Å²) in [7, 11) is 0. The molecule has 1 N–H and O–H groups in total. The van der Waals surface area contributed by atoms with Crippen LogP contribution in [0.4, 0.5) is 4.39 Å². The highest BCUT2D eigenvalue weighted by Crippen LogP contribution is 2.34. The SMILES string of the molecule is C=C/C(=C\NCC(C)(C)C=C)CC.C=CC.C=N/C(=c1/cc(/C(C=C(C)C)=C/C)ccc1=C)N1CCCCC1c1ccc(F)cc1. The predicted molar refractivity (Wildman–Crippen MR) is 203 cm³/mol. The first-order chi connectivity index (χ1) is 21.9. The van der Waals surface area contributed by atoms with E-state index in [-0.39, 0.29) is 17.3 Å². The van der Waals surface area contributed by atoms with E-state index in [2.05, 4.69) is 120 Å². The van der Waals surface area contributed by atoms with Gasteiger partial charge in [-0.15, -0.1) is 13.2 Å². The molecule has 0 saturated carbocycles. The molecular weight excluding hydrogens is 565 g/mol. The molecule has 2 aromatic rings. The molecule has 3 nitrogen and oxygen atoms in total. The lowest BCUT2D eigenvalue weighted by Crippen LogP contribution is -2.38. The van der Waals surface area contributed by atoms with Crippen LogP contribution in [0.25, 0.3) is 18.0 Å². The van der Waals surface area contributed by atoms with Crippen LogP contribution >= 0.6 is 0 Å². The summed E-state index contributed by atoms with van der Waals surface area (Å²) >= 11 is 0. The lowest BCUT2D eigenvalue weighted by molar-refractivity contribution is 0.225.